The average molecular weight is 458 g/mol. The van der Waals surface area contributed by atoms with Gasteiger partial charge in [-0.05, 0) is 20.8 Å². The van der Waals surface area contributed by atoms with Crippen molar-refractivity contribution in [1.82, 2.24) is 0 Å². The van der Waals surface area contributed by atoms with Crippen LogP contribution in [0.2, 0.25) is 0 Å². The minimum absolute atomic E-state index is 0.409. The number of ether oxygens (including phenoxy) is 4. The molecule has 3 N–H and O–H groups in total. The molecule has 0 radical (unpaired) electrons. The number of hydrogen-bond donors (Lipinski definition) is 3. The number of carbonyl (C=O) groups is 4. The Morgan fingerprint density at radius 2 is 1.59 bits per heavy atom. The van der Waals surface area contributed by atoms with E-state index in [9.17, 15) is 34.5 Å². The SMILES string of the molecule is CC(=O)OC[C@]12[C@H](OC(C)=O)C(=O)[C@@H]3[C@H](O)[C@]1(OC3(C)C)[C@@](C)(O)C[C@H](O)[C@@H]2OC(C)=O. The second-order valence-corrected chi connectivity index (χ2v) is 9.65. The van der Waals surface area contributed by atoms with Crippen LogP contribution in [0.1, 0.15) is 48.0 Å². The molecule has 2 aliphatic carbocycles. The summed E-state index contributed by atoms with van der Waals surface area (Å²) in [6.07, 6.45) is -7.03. The quantitative estimate of drug-likeness (QED) is 0.350. The van der Waals surface area contributed by atoms with Crippen molar-refractivity contribution >= 4 is 23.7 Å². The molecule has 0 unspecified atom stereocenters. The van der Waals surface area contributed by atoms with E-state index in [4.69, 9.17) is 18.9 Å². The van der Waals surface area contributed by atoms with Crippen LogP contribution >= 0.6 is 0 Å². The van der Waals surface area contributed by atoms with Gasteiger partial charge in [0.15, 0.2) is 11.9 Å². The van der Waals surface area contributed by atoms with Crippen LogP contribution in [0.3, 0.4) is 0 Å². The van der Waals surface area contributed by atoms with Crippen LogP contribution in [-0.4, -0.2) is 86.8 Å². The standard InChI is InChI=1S/C21H30O11/c1-9(22)29-8-20-16(30-10(2)23)12(25)7-19(6,28)21(20)15(27)13(18(4,5)32-21)14(26)17(20)31-11(3)24/h12-13,15-17,25,27-28H,7-8H2,1-6H3/t12-,13+,15-,16-,17+,19-,20-,21-/m0/s1. The highest BCUT2D eigenvalue weighted by atomic mass is 16.6. The summed E-state index contributed by atoms with van der Waals surface area (Å²) in [6.45, 7) is 6.81. The fourth-order valence-corrected chi connectivity index (χ4v) is 6.11. The zero-order valence-electron chi connectivity index (χ0n) is 18.9. The minimum Gasteiger partial charge on any atom is -0.465 e. The lowest BCUT2D eigenvalue weighted by atomic mass is 9.46. The van der Waals surface area contributed by atoms with E-state index in [1.54, 1.807) is 0 Å². The second-order valence-electron chi connectivity index (χ2n) is 9.65. The molecule has 3 fully saturated rings. The number of carbonyl (C=O) groups excluding carboxylic acids is 4. The molecule has 180 valence electrons. The molecule has 0 aromatic carbocycles. The Balaban J connectivity index is 2.42. The summed E-state index contributed by atoms with van der Waals surface area (Å²) in [5.74, 6) is -4.51. The molecule has 11 nitrogen and oxygen atoms in total. The second kappa shape index (κ2) is 7.47. The van der Waals surface area contributed by atoms with Gasteiger partial charge >= 0.3 is 17.9 Å². The van der Waals surface area contributed by atoms with Crippen LogP contribution in [0.25, 0.3) is 0 Å². The summed E-state index contributed by atoms with van der Waals surface area (Å²) >= 11 is 0. The number of ketones is 1. The Hall–Kier alpha value is -2.08. The topological polar surface area (TPSA) is 166 Å². The molecular weight excluding hydrogens is 428 g/mol. The Kier molecular flexibility index (Phi) is 5.74. The molecule has 1 saturated heterocycles. The summed E-state index contributed by atoms with van der Waals surface area (Å²) < 4.78 is 22.3. The van der Waals surface area contributed by atoms with Crippen molar-refractivity contribution in [2.24, 2.45) is 11.3 Å². The van der Waals surface area contributed by atoms with Gasteiger partial charge in [-0.15, -0.1) is 0 Å². The molecule has 2 saturated carbocycles. The number of rotatable bonds is 4. The smallest absolute Gasteiger partial charge is 0.303 e. The minimum atomic E-state index is -2.15. The molecule has 1 spiro atoms. The maximum Gasteiger partial charge on any atom is 0.303 e. The van der Waals surface area contributed by atoms with Crippen molar-refractivity contribution < 1.29 is 53.4 Å². The highest BCUT2D eigenvalue weighted by Gasteiger charge is 2.87. The van der Waals surface area contributed by atoms with Crippen molar-refractivity contribution in [2.45, 2.75) is 89.2 Å². The van der Waals surface area contributed by atoms with E-state index in [1.165, 1.54) is 20.8 Å². The summed E-state index contributed by atoms with van der Waals surface area (Å²) in [5, 5.41) is 33.9. The van der Waals surface area contributed by atoms with Gasteiger partial charge in [0.05, 0.1) is 29.3 Å². The normalized spacial score (nSPS) is 44.4. The molecule has 0 aromatic rings. The van der Waals surface area contributed by atoms with Crippen molar-refractivity contribution in [3.8, 4) is 0 Å². The maximum absolute atomic E-state index is 13.6. The Bertz CT molecular complexity index is 849. The van der Waals surface area contributed by atoms with Gasteiger partial charge in [0, 0.05) is 27.2 Å². The average Bonchev–Trinajstić information content (AvgIpc) is 2.80. The third-order valence-electron chi connectivity index (χ3n) is 6.98. The Morgan fingerprint density at radius 3 is 2.09 bits per heavy atom. The summed E-state index contributed by atoms with van der Waals surface area (Å²) in [7, 11) is 0. The first-order chi connectivity index (χ1) is 14.5. The third-order valence-corrected chi connectivity index (χ3v) is 6.98. The molecule has 32 heavy (non-hydrogen) atoms. The molecule has 2 bridgehead atoms. The van der Waals surface area contributed by atoms with Crippen LogP contribution in [0.5, 0.6) is 0 Å². The number of Topliss-reactive ketones (excluding diaryl/α,β-unsaturated/α-hetero) is 1. The van der Waals surface area contributed by atoms with Crippen LogP contribution in [0.15, 0.2) is 0 Å². The zero-order valence-corrected chi connectivity index (χ0v) is 18.9. The highest BCUT2D eigenvalue weighted by Crippen LogP contribution is 2.67. The van der Waals surface area contributed by atoms with E-state index in [2.05, 4.69) is 0 Å². The molecule has 1 aliphatic heterocycles. The number of fused-ring (bicyclic) bond motifs is 1. The Labute approximate surface area is 185 Å². The molecule has 3 rings (SSSR count). The first-order valence-electron chi connectivity index (χ1n) is 10.4. The predicted octanol–water partition coefficient (Wildman–Crippen LogP) is -0.978. The molecule has 0 aromatic heterocycles. The zero-order chi connectivity index (χ0) is 24.4. The number of hydrogen-bond acceptors (Lipinski definition) is 11. The van der Waals surface area contributed by atoms with Crippen molar-refractivity contribution in [1.29, 1.82) is 0 Å². The lowest BCUT2D eigenvalue weighted by molar-refractivity contribution is -0.350. The lowest BCUT2D eigenvalue weighted by Gasteiger charge is -2.64. The van der Waals surface area contributed by atoms with E-state index < -0.39 is 89.3 Å². The number of esters is 3. The number of aliphatic hydroxyl groups is 3. The van der Waals surface area contributed by atoms with Crippen molar-refractivity contribution in [2.75, 3.05) is 6.61 Å². The van der Waals surface area contributed by atoms with Crippen LogP contribution in [0, 0.1) is 11.3 Å². The van der Waals surface area contributed by atoms with Crippen molar-refractivity contribution in [3.63, 3.8) is 0 Å². The first kappa shape index (κ1) is 24.6. The molecule has 8 atom stereocenters. The van der Waals surface area contributed by atoms with Crippen LogP contribution in [0.4, 0.5) is 0 Å². The van der Waals surface area contributed by atoms with E-state index in [1.807, 2.05) is 0 Å². The van der Waals surface area contributed by atoms with Gasteiger partial charge in [-0.25, -0.2) is 0 Å². The first-order valence-corrected chi connectivity index (χ1v) is 10.4. The van der Waals surface area contributed by atoms with Gasteiger partial charge in [0.2, 0.25) is 0 Å². The molecular formula is C21H30O11. The largest absolute Gasteiger partial charge is 0.465 e. The summed E-state index contributed by atoms with van der Waals surface area (Å²) in [4.78, 5) is 49.5. The monoisotopic (exact) mass is 458 g/mol. The maximum atomic E-state index is 13.6. The van der Waals surface area contributed by atoms with Gasteiger partial charge in [0.1, 0.15) is 23.7 Å². The van der Waals surface area contributed by atoms with Gasteiger partial charge in [-0.3, -0.25) is 19.2 Å². The summed E-state index contributed by atoms with van der Waals surface area (Å²) in [6, 6.07) is 0. The van der Waals surface area contributed by atoms with Gasteiger partial charge in [-0.1, -0.05) is 0 Å². The van der Waals surface area contributed by atoms with Crippen molar-refractivity contribution in [3.05, 3.63) is 0 Å². The molecule has 11 heteroatoms. The fourth-order valence-electron chi connectivity index (χ4n) is 6.11. The van der Waals surface area contributed by atoms with E-state index >= 15 is 0 Å². The number of aliphatic hydroxyl groups excluding tert-OH is 2. The molecule has 0 amide bonds. The van der Waals surface area contributed by atoms with E-state index in [-0.39, 0.29) is 0 Å². The lowest BCUT2D eigenvalue weighted by Crippen LogP contribution is -2.84. The highest BCUT2D eigenvalue weighted by molar-refractivity contribution is 5.92. The van der Waals surface area contributed by atoms with Gasteiger partial charge in [0.25, 0.3) is 0 Å². The van der Waals surface area contributed by atoms with E-state index in [0.717, 1.165) is 20.8 Å². The molecule has 1 heterocycles. The summed E-state index contributed by atoms with van der Waals surface area (Å²) in [5.41, 5.74) is -7.64. The van der Waals surface area contributed by atoms with Crippen LogP contribution < -0.4 is 0 Å². The Morgan fingerprint density at radius 1 is 1.03 bits per heavy atom. The third kappa shape index (κ3) is 3.09. The van der Waals surface area contributed by atoms with E-state index in [0.29, 0.717) is 0 Å². The van der Waals surface area contributed by atoms with Gasteiger partial charge in [-0.2, -0.15) is 0 Å². The predicted molar refractivity (Wildman–Crippen MR) is 104 cm³/mol. The molecule has 3 aliphatic rings. The van der Waals surface area contributed by atoms with Gasteiger partial charge < -0.3 is 34.3 Å². The fraction of sp³-hybridized carbons (Fsp3) is 0.810. The van der Waals surface area contributed by atoms with Crippen LogP contribution in [-0.2, 0) is 38.1 Å².